The van der Waals surface area contributed by atoms with Crippen molar-refractivity contribution in [2.45, 2.75) is 0 Å². The number of phenols is 1. The Morgan fingerprint density at radius 2 is 2.23 bits per heavy atom. The minimum atomic E-state index is -0.968. The highest BCUT2D eigenvalue weighted by Crippen LogP contribution is 2.25. The van der Waals surface area contributed by atoms with Crippen molar-refractivity contribution in [3.8, 4) is 5.75 Å². The summed E-state index contributed by atoms with van der Waals surface area (Å²) in [6.45, 7) is 0. The summed E-state index contributed by atoms with van der Waals surface area (Å²) in [5.74, 6) is -2.03. The first kappa shape index (κ1) is 9.98. The van der Waals surface area contributed by atoms with Crippen molar-refractivity contribution in [3.63, 3.8) is 0 Å². The number of alkyl halides is 1. The molecule has 0 bridgehead atoms. The highest BCUT2D eigenvalue weighted by Gasteiger charge is 2.17. The van der Waals surface area contributed by atoms with Gasteiger partial charge in [0.25, 0.3) is 0 Å². The molecule has 1 aromatic rings. The number of carbonyl (C=O) groups is 1. The summed E-state index contributed by atoms with van der Waals surface area (Å²) in [5, 5.41) is 8.94. The second-order valence-electron chi connectivity index (χ2n) is 2.42. The Morgan fingerprint density at radius 1 is 1.62 bits per heavy atom. The molecule has 0 aliphatic heterocycles. The maximum Gasteiger partial charge on any atom is 0.178 e. The van der Waals surface area contributed by atoms with Crippen LogP contribution in [0.3, 0.4) is 0 Å². The molecule has 0 unspecified atom stereocenters. The van der Waals surface area contributed by atoms with Gasteiger partial charge in [0.2, 0.25) is 0 Å². The number of rotatable bonds is 2. The van der Waals surface area contributed by atoms with Gasteiger partial charge in [-0.15, -0.1) is 0 Å². The Kier molecular flexibility index (Phi) is 2.87. The molecular weight excluding hydrogens is 241 g/mol. The molecule has 0 aliphatic rings. The molecule has 0 fully saturated rings. The highest BCUT2D eigenvalue weighted by atomic mass is 79.9. The first-order valence-electron chi connectivity index (χ1n) is 3.44. The lowest BCUT2D eigenvalue weighted by Gasteiger charge is -2.05. The Balaban J connectivity index is 3.33. The van der Waals surface area contributed by atoms with E-state index in [1.54, 1.807) is 0 Å². The predicted octanol–water partition coefficient (Wildman–Crippen LogP) is 1.69. The number of nitrogen functional groups attached to an aromatic ring is 1. The van der Waals surface area contributed by atoms with E-state index < -0.39 is 17.3 Å². The molecule has 0 aromatic heterocycles. The van der Waals surface area contributed by atoms with Crippen LogP contribution in [-0.2, 0) is 0 Å². The van der Waals surface area contributed by atoms with Crippen LogP contribution in [0, 0.1) is 5.82 Å². The zero-order valence-electron chi connectivity index (χ0n) is 6.55. The number of benzene rings is 1. The van der Waals surface area contributed by atoms with Gasteiger partial charge in [0, 0.05) is 5.69 Å². The van der Waals surface area contributed by atoms with Crippen molar-refractivity contribution in [2.24, 2.45) is 0 Å². The Morgan fingerprint density at radius 3 is 2.77 bits per heavy atom. The molecule has 0 amide bonds. The van der Waals surface area contributed by atoms with E-state index in [-0.39, 0.29) is 16.6 Å². The van der Waals surface area contributed by atoms with Crippen LogP contribution in [0.2, 0.25) is 0 Å². The lowest BCUT2D eigenvalue weighted by atomic mass is 10.1. The Hall–Kier alpha value is -1.10. The van der Waals surface area contributed by atoms with Crippen LogP contribution in [0.1, 0.15) is 10.4 Å². The molecule has 3 N–H and O–H groups in total. The van der Waals surface area contributed by atoms with Gasteiger partial charge in [0.15, 0.2) is 17.3 Å². The molecule has 0 saturated carbocycles. The molecule has 0 saturated heterocycles. The van der Waals surface area contributed by atoms with E-state index in [2.05, 4.69) is 15.9 Å². The van der Waals surface area contributed by atoms with E-state index in [9.17, 15) is 9.18 Å². The summed E-state index contributed by atoms with van der Waals surface area (Å²) in [6, 6.07) is 2.39. The van der Waals surface area contributed by atoms with Crippen molar-refractivity contribution in [3.05, 3.63) is 23.5 Å². The van der Waals surface area contributed by atoms with Crippen LogP contribution < -0.4 is 5.73 Å². The number of nitrogens with two attached hydrogens (primary N) is 1. The maximum absolute atomic E-state index is 13.1. The van der Waals surface area contributed by atoms with E-state index in [1.165, 1.54) is 6.07 Å². The third-order valence-corrected chi connectivity index (χ3v) is 2.06. The number of ketones is 1. The summed E-state index contributed by atoms with van der Waals surface area (Å²) in [6.07, 6.45) is 0. The van der Waals surface area contributed by atoms with E-state index in [1.807, 2.05) is 0 Å². The van der Waals surface area contributed by atoms with Crippen molar-refractivity contribution in [1.29, 1.82) is 0 Å². The van der Waals surface area contributed by atoms with Crippen molar-refractivity contribution < 1.29 is 14.3 Å². The monoisotopic (exact) mass is 247 g/mol. The number of Topliss-reactive ketones (excluding diaryl/α,β-unsaturated/α-hetero) is 1. The number of anilines is 1. The van der Waals surface area contributed by atoms with Crippen molar-refractivity contribution >= 4 is 27.4 Å². The SMILES string of the molecule is Nc1ccc(O)c(F)c1C(=O)CBr. The van der Waals surface area contributed by atoms with E-state index in [0.29, 0.717) is 0 Å². The third-order valence-electron chi connectivity index (χ3n) is 1.55. The molecule has 1 rings (SSSR count). The Bertz CT molecular complexity index is 354. The molecule has 0 spiro atoms. The lowest BCUT2D eigenvalue weighted by molar-refractivity contribution is 0.102. The summed E-state index contributed by atoms with van der Waals surface area (Å²) in [7, 11) is 0. The molecule has 70 valence electrons. The van der Waals surface area contributed by atoms with Gasteiger partial charge in [-0.05, 0) is 12.1 Å². The minimum Gasteiger partial charge on any atom is -0.505 e. The normalized spacial score (nSPS) is 10.0. The summed E-state index contributed by atoms with van der Waals surface area (Å²) >= 11 is 2.89. The number of phenolic OH excluding ortho intramolecular Hbond substituents is 1. The van der Waals surface area contributed by atoms with Crippen LogP contribution in [-0.4, -0.2) is 16.2 Å². The van der Waals surface area contributed by atoms with Crippen LogP contribution in [0.25, 0.3) is 0 Å². The average molecular weight is 248 g/mol. The second-order valence-corrected chi connectivity index (χ2v) is 2.98. The molecule has 0 radical (unpaired) electrons. The zero-order chi connectivity index (χ0) is 10.0. The number of carbonyl (C=O) groups excluding carboxylic acids is 1. The van der Waals surface area contributed by atoms with Crippen molar-refractivity contribution in [1.82, 2.24) is 0 Å². The fourth-order valence-electron chi connectivity index (χ4n) is 0.930. The number of halogens is 2. The van der Waals surface area contributed by atoms with Crippen LogP contribution in [0.5, 0.6) is 5.75 Å². The fraction of sp³-hybridized carbons (Fsp3) is 0.125. The van der Waals surface area contributed by atoms with Crippen LogP contribution in [0.15, 0.2) is 12.1 Å². The van der Waals surface area contributed by atoms with Gasteiger partial charge < -0.3 is 10.8 Å². The average Bonchev–Trinajstić information content (AvgIpc) is 2.12. The van der Waals surface area contributed by atoms with Gasteiger partial charge in [-0.2, -0.15) is 0 Å². The molecule has 13 heavy (non-hydrogen) atoms. The minimum absolute atomic E-state index is 0.0275. The number of aromatic hydroxyl groups is 1. The summed E-state index contributed by atoms with van der Waals surface area (Å²) in [4.78, 5) is 11.1. The molecular formula is C8H7BrFNO2. The van der Waals surface area contributed by atoms with E-state index in [0.717, 1.165) is 6.07 Å². The van der Waals surface area contributed by atoms with Gasteiger partial charge >= 0.3 is 0 Å². The fourth-order valence-corrected chi connectivity index (χ4v) is 1.21. The lowest BCUT2D eigenvalue weighted by Crippen LogP contribution is -2.07. The van der Waals surface area contributed by atoms with Gasteiger partial charge in [-0.25, -0.2) is 4.39 Å². The van der Waals surface area contributed by atoms with Gasteiger partial charge in [0.1, 0.15) is 0 Å². The van der Waals surface area contributed by atoms with Crippen LogP contribution >= 0.6 is 15.9 Å². The quantitative estimate of drug-likeness (QED) is 0.362. The number of hydrogen-bond donors (Lipinski definition) is 2. The predicted molar refractivity (Wildman–Crippen MR) is 50.6 cm³/mol. The van der Waals surface area contributed by atoms with Crippen LogP contribution in [0.4, 0.5) is 10.1 Å². The molecule has 1 aromatic carbocycles. The molecule has 0 heterocycles. The molecule has 5 heteroatoms. The topological polar surface area (TPSA) is 63.3 Å². The smallest absolute Gasteiger partial charge is 0.178 e. The molecule has 0 atom stereocenters. The van der Waals surface area contributed by atoms with Crippen molar-refractivity contribution in [2.75, 3.05) is 11.1 Å². The van der Waals surface area contributed by atoms with Gasteiger partial charge in [-0.1, -0.05) is 15.9 Å². The highest BCUT2D eigenvalue weighted by molar-refractivity contribution is 9.09. The first-order valence-corrected chi connectivity index (χ1v) is 4.56. The molecule has 3 nitrogen and oxygen atoms in total. The maximum atomic E-state index is 13.1. The molecule has 0 aliphatic carbocycles. The second kappa shape index (κ2) is 3.74. The number of hydrogen-bond acceptors (Lipinski definition) is 3. The standard InChI is InChI=1S/C8H7BrFNO2/c9-3-6(13)7-4(11)1-2-5(12)8(7)10/h1-2,12H,3,11H2. The summed E-state index contributed by atoms with van der Waals surface area (Å²) in [5.41, 5.74) is 5.13. The zero-order valence-corrected chi connectivity index (χ0v) is 8.14. The van der Waals surface area contributed by atoms with Gasteiger partial charge in [0.05, 0.1) is 10.9 Å². The third kappa shape index (κ3) is 1.80. The first-order chi connectivity index (χ1) is 6.07. The van der Waals surface area contributed by atoms with Gasteiger partial charge in [-0.3, -0.25) is 4.79 Å². The Labute approximate surface area is 82.5 Å². The largest absolute Gasteiger partial charge is 0.505 e. The summed E-state index contributed by atoms with van der Waals surface area (Å²) < 4.78 is 13.1. The van der Waals surface area contributed by atoms with E-state index >= 15 is 0 Å². The van der Waals surface area contributed by atoms with E-state index in [4.69, 9.17) is 10.8 Å².